The molecule has 0 bridgehead atoms. The number of piperidine rings is 1. The lowest BCUT2D eigenvalue weighted by Crippen LogP contribution is -2.48. The number of carbonyl (C=O) groups is 2. The molecule has 3 aromatic carbocycles. The maximum absolute atomic E-state index is 13.1. The molecule has 1 fully saturated rings. The Kier molecular flexibility index (Phi) is 12.4. The maximum Gasteiger partial charge on any atom is 0.410 e. The summed E-state index contributed by atoms with van der Waals surface area (Å²) in [7, 11) is 1.65. The minimum Gasteiger partial charge on any atom is -0.493 e. The van der Waals surface area contributed by atoms with Gasteiger partial charge in [-0.1, -0.05) is 30.3 Å². The Labute approximate surface area is 290 Å². The minimum atomic E-state index is -0.593. The molecule has 3 aromatic rings. The van der Waals surface area contributed by atoms with Crippen LogP contribution in [-0.4, -0.2) is 81.8 Å². The highest BCUT2D eigenvalue weighted by Gasteiger charge is 2.35. The van der Waals surface area contributed by atoms with E-state index < -0.39 is 5.60 Å². The molecule has 2 unspecified atom stereocenters. The van der Waals surface area contributed by atoms with Gasteiger partial charge in [0.2, 0.25) is 0 Å². The van der Waals surface area contributed by atoms with Crippen LogP contribution >= 0.6 is 0 Å². The second-order valence-electron chi connectivity index (χ2n) is 13.6. The number of benzene rings is 3. The van der Waals surface area contributed by atoms with Crippen LogP contribution in [0.4, 0.5) is 10.5 Å². The molecule has 49 heavy (non-hydrogen) atoms. The Hall–Kier alpha value is -4.28. The van der Waals surface area contributed by atoms with Crippen LogP contribution in [0.15, 0.2) is 66.7 Å². The van der Waals surface area contributed by atoms with Gasteiger partial charge in [-0.3, -0.25) is 4.79 Å². The average molecular weight is 675 g/mol. The molecule has 0 saturated carbocycles. The third-order valence-corrected chi connectivity index (χ3v) is 8.50. The van der Waals surface area contributed by atoms with E-state index in [4.69, 9.17) is 28.4 Å². The fourth-order valence-corrected chi connectivity index (χ4v) is 6.07. The molecule has 10 nitrogen and oxygen atoms in total. The molecule has 0 spiro atoms. The van der Waals surface area contributed by atoms with Crippen LogP contribution in [0.5, 0.6) is 17.2 Å². The van der Waals surface area contributed by atoms with Crippen molar-refractivity contribution < 1.29 is 38.0 Å². The van der Waals surface area contributed by atoms with Crippen molar-refractivity contribution in [3.8, 4) is 17.2 Å². The number of likely N-dealkylation sites (tertiary alicyclic amines) is 1. The number of hydrogen-bond acceptors (Lipinski definition) is 8. The summed E-state index contributed by atoms with van der Waals surface area (Å²) in [6.45, 7) is 11.2. The van der Waals surface area contributed by atoms with Gasteiger partial charge in [0, 0.05) is 39.1 Å². The van der Waals surface area contributed by atoms with E-state index in [9.17, 15) is 9.59 Å². The fraction of sp³-hybridized carbons (Fsp3) is 0.487. The number of fused-ring (bicyclic) bond motifs is 1. The molecule has 2 atom stereocenters. The molecule has 1 saturated heterocycles. The van der Waals surface area contributed by atoms with Gasteiger partial charge in [0.25, 0.3) is 5.91 Å². The monoisotopic (exact) mass is 674 g/mol. The quantitative estimate of drug-likeness (QED) is 0.170. The van der Waals surface area contributed by atoms with E-state index >= 15 is 0 Å². The summed E-state index contributed by atoms with van der Waals surface area (Å²) in [6.07, 6.45) is 1.59. The van der Waals surface area contributed by atoms with E-state index in [0.29, 0.717) is 51.8 Å². The Balaban J connectivity index is 1.23. The highest BCUT2D eigenvalue weighted by Crippen LogP contribution is 2.36. The average Bonchev–Trinajstić information content (AvgIpc) is 3.07. The van der Waals surface area contributed by atoms with Crippen LogP contribution in [0, 0.1) is 6.92 Å². The SMILES string of the molecule is COCCCN1C(=O)COc2ccc(COC3CN(C(=O)OC(C)(C)C)CCC3c3ccc(OCCCOc4cccc(C)c4)cc3)cc21. The second kappa shape index (κ2) is 16.9. The largest absolute Gasteiger partial charge is 0.493 e. The van der Waals surface area contributed by atoms with Gasteiger partial charge >= 0.3 is 6.09 Å². The van der Waals surface area contributed by atoms with E-state index in [1.807, 2.05) is 82.3 Å². The van der Waals surface area contributed by atoms with Gasteiger partial charge in [-0.15, -0.1) is 0 Å². The number of rotatable bonds is 14. The predicted octanol–water partition coefficient (Wildman–Crippen LogP) is 6.91. The van der Waals surface area contributed by atoms with Crippen LogP contribution in [0.2, 0.25) is 0 Å². The first-order valence-electron chi connectivity index (χ1n) is 17.2. The molecular formula is C39H50N2O8. The van der Waals surface area contributed by atoms with Crippen molar-refractivity contribution >= 4 is 17.7 Å². The second-order valence-corrected chi connectivity index (χ2v) is 13.6. The maximum atomic E-state index is 13.1. The van der Waals surface area contributed by atoms with Crippen LogP contribution in [0.3, 0.4) is 0 Å². The summed E-state index contributed by atoms with van der Waals surface area (Å²) in [4.78, 5) is 29.3. The molecular weight excluding hydrogens is 624 g/mol. The number of methoxy groups -OCH3 is 1. The normalized spacial score (nSPS) is 17.7. The number of ether oxygens (including phenoxy) is 6. The van der Waals surface area contributed by atoms with Crippen LogP contribution in [0.25, 0.3) is 0 Å². The number of anilines is 1. The van der Waals surface area contributed by atoms with Crippen molar-refractivity contribution in [3.05, 3.63) is 83.4 Å². The van der Waals surface area contributed by atoms with Gasteiger partial charge < -0.3 is 38.2 Å². The molecule has 0 radical (unpaired) electrons. The van der Waals surface area contributed by atoms with Crippen molar-refractivity contribution in [2.75, 3.05) is 58.1 Å². The van der Waals surface area contributed by atoms with E-state index in [1.54, 1.807) is 16.9 Å². The smallest absolute Gasteiger partial charge is 0.410 e. The van der Waals surface area contributed by atoms with Crippen molar-refractivity contribution in [3.63, 3.8) is 0 Å². The molecule has 10 heteroatoms. The zero-order chi connectivity index (χ0) is 34.8. The third-order valence-electron chi connectivity index (χ3n) is 8.50. The summed E-state index contributed by atoms with van der Waals surface area (Å²) in [5, 5.41) is 0. The first-order chi connectivity index (χ1) is 23.6. The predicted molar refractivity (Wildman–Crippen MR) is 188 cm³/mol. The fourth-order valence-electron chi connectivity index (χ4n) is 6.07. The highest BCUT2D eigenvalue weighted by molar-refractivity contribution is 5.97. The van der Waals surface area contributed by atoms with Gasteiger partial charge in [0.05, 0.1) is 38.2 Å². The Morgan fingerprint density at radius 3 is 2.45 bits per heavy atom. The van der Waals surface area contributed by atoms with Crippen molar-refractivity contribution in [1.82, 2.24) is 4.90 Å². The Morgan fingerprint density at radius 2 is 1.71 bits per heavy atom. The molecule has 2 aliphatic heterocycles. The van der Waals surface area contributed by atoms with Crippen LogP contribution < -0.4 is 19.1 Å². The topological polar surface area (TPSA) is 96.0 Å². The molecule has 2 aliphatic rings. The van der Waals surface area contributed by atoms with Crippen molar-refractivity contribution in [2.45, 2.75) is 71.2 Å². The van der Waals surface area contributed by atoms with Gasteiger partial charge in [-0.05, 0) is 93.6 Å². The number of carbonyl (C=O) groups excluding carboxylic acids is 2. The van der Waals surface area contributed by atoms with Gasteiger partial charge in [-0.2, -0.15) is 0 Å². The van der Waals surface area contributed by atoms with E-state index in [2.05, 4.69) is 12.1 Å². The molecule has 0 aromatic heterocycles. The summed E-state index contributed by atoms with van der Waals surface area (Å²) >= 11 is 0. The third kappa shape index (κ3) is 10.4. The molecule has 2 amide bonds. The van der Waals surface area contributed by atoms with E-state index in [0.717, 1.165) is 47.6 Å². The van der Waals surface area contributed by atoms with Crippen LogP contribution in [0.1, 0.15) is 62.6 Å². The van der Waals surface area contributed by atoms with Crippen molar-refractivity contribution in [2.24, 2.45) is 0 Å². The number of aryl methyl sites for hydroxylation is 1. The zero-order valence-corrected chi connectivity index (χ0v) is 29.4. The van der Waals surface area contributed by atoms with Gasteiger partial charge in [0.15, 0.2) is 6.61 Å². The summed E-state index contributed by atoms with van der Waals surface area (Å²) in [5.41, 5.74) is 3.35. The van der Waals surface area contributed by atoms with Gasteiger partial charge in [-0.25, -0.2) is 4.79 Å². The van der Waals surface area contributed by atoms with Gasteiger partial charge in [0.1, 0.15) is 22.8 Å². The first kappa shape index (κ1) is 36.0. The Bertz CT molecular complexity index is 1540. The van der Waals surface area contributed by atoms with E-state index in [-0.39, 0.29) is 30.6 Å². The lowest BCUT2D eigenvalue weighted by molar-refractivity contribution is -0.121. The number of nitrogens with zero attached hydrogens (tertiary/aromatic N) is 2. The molecule has 0 aliphatic carbocycles. The summed E-state index contributed by atoms with van der Waals surface area (Å²) in [6, 6.07) is 22.0. The standard InChI is InChI=1S/C39H50N2O8/c1-28-9-6-10-32(23-28)46-22-8-21-45-31-14-12-30(13-15-31)33-17-19-40(38(43)49-39(2,3)4)25-36(33)47-26-29-11-16-35-34(24-29)41(18-7-20-44-5)37(42)27-48-35/h6,9-16,23-24,33,36H,7-8,17-22,25-27H2,1-5H3. The number of amides is 2. The number of hydrogen-bond donors (Lipinski definition) is 0. The molecule has 0 N–H and O–H groups in total. The summed E-state index contributed by atoms with van der Waals surface area (Å²) in [5.74, 6) is 2.32. The molecule has 5 rings (SSSR count). The van der Waals surface area contributed by atoms with Crippen LogP contribution in [-0.2, 0) is 25.6 Å². The minimum absolute atomic E-state index is 0.0202. The zero-order valence-electron chi connectivity index (χ0n) is 29.4. The molecule has 2 heterocycles. The first-order valence-corrected chi connectivity index (χ1v) is 17.2. The highest BCUT2D eigenvalue weighted by atomic mass is 16.6. The van der Waals surface area contributed by atoms with E-state index in [1.165, 1.54) is 5.56 Å². The Morgan fingerprint density at radius 1 is 0.939 bits per heavy atom. The lowest BCUT2D eigenvalue weighted by Gasteiger charge is -2.39. The molecule has 264 valence electrons. The lowest BCUT2D eigenvalue weighted by atomic mass is 9.87. The van der Waals surface area contributed by atoms with Crippen molar-refractivity contribution in [1.29, 1.82) is 0 Å². The summed E-state index contributed by atoms with van der Waals surface area (Å²) < 4.78 is 35.1.